The number of hydrogen-bond acceptors (Lipinski definition) is 4. The summed E-state index contributed by atoms with van der Waals surface area (Å²) in [6.45, 7) is 3.27. The van der Waals surface area contributed by atoms with Gasteiger partial charge in [-0.1, -0.05) is 0 Å². The molecule has 74 valence electrons. The quantitative estimate of drug-likeness (QED) is 0.560. The number of ether oxygens (including phenoxy) is 1. The van der Waals surface area contributed by atoms with Crippen LogP contribution in [0.25, 0.3) is 0 Å². The third kappa shape index (κ3) is 3.49. The molecule has 3 N–H and O–H groups in total. The molecule has 0 rings (SSSR count). The van der Waals surface area contributed by atoms with Gasteiger partial charge in [0.2, 0.25) is 0 Å². The summed E-state index contributed by atoms with van der Waals surface area (Å²) >= 11 is 0. The van der Waals surface area contributed by atoms with Crippen LogP contribution in [0.1, 0.15) is 6.92 Å². The van der Waals surface area contributed by atoms with Crippen molar-refractivity contribution in [2.24, 2.45) is 5.73 Å². The van der Waals surface area contributed by atoms with Crippen LogP contribution < -0.4 is 5.73 Å². The third-order valence-corrected chi connectivity index (χ3v) is 2.16. The van der Waals surface area contributed by atoms with Gasteiger partial charge in [0.15, 0.2) is 0 Å². The highest BCUT2D eigenvalue weighted by Gasteiger charge is 2.16. The molecule has 0 aromatic rings. The van der Waals surface area contributed by atoms with Crippen LogP contribution in [-0.2, 0) is 4.74 Å². The standard InChI is InChI=1S/C8H20N2O2/c1-7(6-12-3)10(2)8(4-9)5-11/h7-8,11H,4-6,9H2,1-3H3. The van der Waals surface area contributed by atoms with Gasteiger partial charge in [-0.15, -0.1) is 0 Å². The Hall–Kier alpha value is -0.160. The molecule has 0 heterocycles. The summed E-state index contributed by atoms with van der Waals surface area (Å²) in [5.41, 5.74) is 5.48. The molecule has 0 aliphatic rings. The third-order valence-electron chi connectivity index (χ3n) is 2.16. The minimum Gasteiger partial charge on any atom is -0.395 e. The second kappa shape index (κ2) is 6.37. The first-order valence-corrected chi connectivity index (χ1v) is 4.19. The molecule has 0 bridgehead atoms. The first kappa shape index (κ1) is 11.8. The van der Waals surface area contributed by atoms with E-state index < -0.39 is 0 Å². The van der Waals surface area contributed by atoms with Crippen LogP contribution in [-0.4, -0.2) is 56.0 Å². The molecule has 0 aliphatic heterocycles. The average molecular weight is 176 g/mol. The van der Waals surface area contributed by atoms with Crippen LogP contribution >= 0.6 is 0 Å². The van der Waals surface area contributed by atoms with E-state index >= 15 is 0 Å². The number of aliphatic hydroxyl groups is 1. The molecule has 0 saturated heterocycles. The van der Waals surface area contributed by atoms with E-state index in [9.17, 15) is 0 Å². The van der Waals surface area contributed by atoms with E-state index in [1.54, 1.807) is 7.11 Å². The van der Waals surface area contributed by atoms with E-state index in [0.717, 1.165) is 0 Å². The number of aliphatic hydroxyl groups excluding tert-OH is 1. The van der Waals surface area contributed by atoms with Crippen molar-refractivity contribution < 1.29 is 9.84 Å². The SMILES string of the molecule is COCC(C)N(C)C(CN)CO. The molecule has 0 saturated carbocycles. The van der Waals surface area contributed by atoms with Crippen LogP contribution in [0.4, 0.5) is 0 Å². The predicted octanol–water partition coefficient (Wildman–Crippen LogP) is -0.727. The monoisotopic (exact) mass is 176 g/mol. The Morgan fingerprint density at radius 2 is 2.17 bits per heavy atom. The number of likely N-dealkylation sites (N-methyl/N-ethyl adjacent to an activating group) is 1. The van der Waals surface area contributed by atoms with Crippen LogP contribution in [0.5, 0.6) is 0 Å². The summed E-state index contributed by atoms with van der Waals surface area (Å²) in [5, 5.41) is 8.95. The van der Waals surface area contributed by atoms with Crippen molar-refractivity contribution >= 4 is 0 Å². The lowest BCUT2D eigenvalue weighted by Gasteiger charge is -2.30. The van der Waals surface area contributed by atoms with Crippen molar-refractivity contribution in [2.45, 2.75) is 19.0 Å². The number of hydrogen-bond donors (Lipinski definition) is 2. The van der Waals surface area contributed by atoms with Crippen molar-refractivity contribution in [3.8, 4) is 0 Å². The molecule has 0 radical (unpaired) electrons. The van der Waals surface area contributed by atoms with E-state index in [-0.39, 0.29) is 18.7 Å². The van der Waals surface area contributed by atoms with E-state index in [1.165, 1.54) is 0 Å². The van der Waals surface area contributed by atoms with Crippen molar-refractivity contribution in [3.63, 3.8) is 0 Å². The zero-order chi connectivity index (χ0) is 9.56. The van der Waals surface area contributed by atoms with Crippen LogP contribution in [0.15, 0.2) is 0 Å². The minimum atomic E-state index is 0.0372. The molecule has 4 heteroatoms. The number of rotatable bonds is 6. The highest BCUT2D eigenvalue weighted by atomic mass is 16.5. The molecule has 0 aromatic carbocycles. The van der Waals surface area contributed by atoms with Crippen LogP contribution in [0, 0.1) is 0 Å². The number of nitrogens with two attached hydrogens (primary N) is 1. The lowest BCUT2D eigenvalue weighted by Crippen LogP contribution is -2.46. The van der Waals surface area contributed by atoms with E-state index in [2.05, 4.69) is 0 Å². The highest BCUT2D eigenvalue weighted by Crippen LogP contribution is 2.01. The average Bonchev–Trinajstić information content (AvgIpc) is 2.07. The molecule has 4 nitrogen and oxygen atoms in total. The topological polar surface area (TPSA) is 58.7 Å². The molecule has 2 atom stereocenters. The minimum absolute atomic E-state index is 0.0372. The zero-order valence-corrected chi connectivity index (χ0v) is 8.16. The van der Waals surface area contributed by atoms with Crippen LogP contribution in [0.3, 0.4) is 0 Å². The summed E-state index contributed by atoms with van der Waals surface area (Å²) in [4.78, 5) is 2.03. The first-order valence-electron chi connectivity index (χ1n) is 4.19. The van der Waals surface area contributed by atoms with Crippen molar-refractivity contribution in [1.82, 2.24) is 4.90 Å². The van der Waals surface area contributed by atoms with Crippen molar-refractivity contribution in [2.75, 3.05) is 33.9 Å². The molecule has 0 aliphatic carbocycles. The van der Waals surface area contributed by atoms with Gasteiger partial charge < -0.3 is 15.6 Å². The fraction of sp³-hybridized carbons (Fsp3) is 1.00. The molecule has 0 fully saturated rings. The van der Waals surface area contributed by atoms with Crippen molar-refractivity contribution in [3.05, 3.63) is 0 Å². The van der Waals surface area contributed by atoms with E-state index in [4.69, 9.17) is 15.6 Å². The largest absolute Gasteiger partial charge is 0.395 e. The van der Waals surface area contributed by atoms with Gasteiger partial charge in [0.25, 0.3) is 0 Å². The Morgan fingerprint density at radius 3 is 2.50 bits per heavy atom. The Morgan fingerprint density at radius 1 is 1.58 bits per heavy atom. The maximum atomic E-state index is 8.95. The zero-order valence-electron chi connectivity index (χ0n) is 8.16. The number of nitrogens with zero attached hydrogens (tertiary/aromatic N) is 1. The first-order chi connectivity index (χ1) is 5.67. The smallest absolute Gasteiger partial charge is 0.0615 e. The van der Waals surface area contributed by atoms with Gasteiger partial charge >= 0.3 is 0 Å². The molecular weight excluding hydrogens is 156 g/mol. The molecular formula is C8H20N2O2. The van der Waals surface area contributed by atoms with Gasteiger partial charge in [-0.2, -0.15) is 0 Å². The molecule has 12 heavy (non-hydrogen) atoms. The lowest BCUT2D eigenvalue weighted by atomic mass is 10.2. The lowest BCUT2D eigenvalue weighted by molar-refractivity contribution is 0.0674. The van der Waals surface area contributed by atoms with E-state index in [1.807, 2.05) is 18.9 Å². The molecule has 0 spiro atoms. The Balaban J connectivity index is 3.87. The molecule has 0 amide bonds. The normalized spacial score (nSPS) is 16.5. The Labute approximate surface area is 74.3 Å². The summed E-state index contributed by atoms with van der Waals surface area (Å²) in [7, 11) is 3.61. The summed E-state index contributed by atoms with van der Waals surface area (Å²) in [5.74, 6) is 0. The summed E-state index contributed by atoms with van der Waals surface area (Å²) in [6, 6.07) is 0.325. The Bertz CT molecular complexity index is 107. The van der Waals surface area contributed by atoms with Gasteiger partial charge in [-0.3, -0.25) is 4.90 Å². The van der Waals surface area contributed by atoms with Crippen molar-refractivity contribution in [1.29, 1.82) is 0 Å². The van der Waals surface area contributed by atoms with Gasteiger partial charge in [-0.25, -0.2) is 0 Å². The Kier molecular flexibility index (Phi) is 6.28. The maximum Gasteiger partial charge on any atom is 0.0615 e. The van der Waals surface area contributed by atoms with Gasteiger partial charge in [-0.05, 0) is 14.0 Å². The van der Waals surface area contributed by atoms with Crippen LogP contribution in [0.2, 0.25) is 0 Å². The summed E-state index contributed by atoms with van der Waals surface area (Å²) in [6.07, 6.45) is 0. The predicted molar refractivity (Wildman–Crippen MR) is 49.0 cm³/mol. The molecule has 0 aromatic heterocycles. The fourth-order valence-corrected chi connectivity index (χ4v) is 1.09. The fourth-order valence-electron chi connectivity index (χ4n) is 1.09. The van der Waals surface area contributed by atoms with Gasteiger partial charge in [0.05, 0.1) is 13.2 Å². The van der Waals surface area contributed by atoms with Gasteiger partial charge in [0, 0.05) is 25.7 Å². The second-order valence-corrected chi connectivity index (χ2v) is 3.04. The summed E-state index contributed by atoms with van der Waals surface area (Å²) < 4.78 is 5.00. The highest BCUT2D eigenvalue weighted by molar-refractivity contribution is 4.73. The van der Waals surface area contributed by atoms with Gasteiger partial charge in [0.1, 0.15) is 0 Å². The number of methoxy groups -OCH3 is 1. The maximum absolute atomic E-state index is 8.95. The molecule has 2 unspecified atom stereocenters. The second-order valence-electron chi connectivity index (χ2n) is 3.04. The van der Waals surface area contributed by atoms with E-state index in [0.29, 0.717) is 13.2 Å².